The molecule has 0 atom stereocenters. The molecular weight excluding hydrogens is 266 g/mol. The van der Waals surface area contributed by atoms with Crippen LogP contribution in [0.25, 0.3) is 10.9 Å². The van der Waals surface area contributed by atoms with Gasteiger partial charge >= 0.3 is 0 Å². The molecule has 1 aromatic carbocycles. The fourth-order valence-corrected chi connectivity index (χ4v) is 2.64. The highest BCUT2D eigenvalue weighted by Crippen LogP contribution is 2.28. The van der Waals surface area contributed by atoms with E-state index in [4.69, 9.17) is 0 Å². The summed E-state index contributed by atoms with van der Waals surface area (Å²) in [5, 5.41) is 1.17. The summed E-state index contributed by atoms with van der Waals surface area (Å²) in [6.45, 7) is 4.65. The predicted octanol–water partition coefficient (Wildman–Crippen LogP) is 3.56. The van der Waals surface area contributed by atoms with E-state index in [1.807, 2.05) is 12.1 Å². The van der Waals surface area contributed by atoms with Crippen LogP contribution in [0.5, 0.6) is 0 Å². The predicted molar refractivity (Wildman–Crippen MR) is 69.7 cm³/mol. The van der Waals surface area contributed by atoms with E-state index in [1.54, 1.807) is 6.92 Å². The third-order valence-corrected chi connectivity index (χ3v) is 3.35. The topological polar surface area (TPSA) is 22.0 Å². The van der Waals surface area contributed by atoms with E-state index in [-0.39, 0.29) is 5.78 Å². The second-order valence-corrected chi connectivity index (χ2v) is 4.81. The van der Waals surface area contributed by atoms with E-state index in [1.165, 1.54) is 10.9 Å². The van der Waals surface area contributed by atoms with Gasteiger partial charge in [-0.15, -0.1) is 0 Å². The SMILES string of the molecule is CCn1cc(CC(C)=O)c2cccc(Br)c21. The average Bonchev–Trinajstić information content (AvgIpc) is 2.57. The number of nitrogens with zero attached hydrogens (tertiary/aromatic N) is 1. The summed E-state index contributed by atoms with van der Waals surface area (Å²) < 4.78 is 3.26. The van der Waals surface area contributed by atoms with Crippen molar-refractivity contribution in [3.05, 3.63) is 34.4 Å². The summed E-state index contributed by atoms with van der Waals surface area (Å²) in [6.07, 6.45) is 2.59. The lowest BCUT2D eigenvalue weighted by Crippen LogP contribution is -1.95. The molecule has 3 heteroatoms. The zero-order valence-electron chi connectivity index (χ0n) is 9.46. The van der Waals surface area contributed by atoms with Crippen molar-refractivity contribution in [2.45, 2.75) is 26.8 Å². The van der Waals surface area contributed by atoms with Crippen LogP contribution in [-0.2, 0) is 17.8 Å². The number of para-hydroxylation sites is 1. The van der Waals surface area contributed by atoms with Crippen LogP contribution >= 0.6 is 15.9 Å². The van der Waals surface area contributed by atoms with Crippen molar-refractivity contribution in [3.63, 3.8) is 0 Å². The number of hydrogen-bond acceptors (Lipinski definition) is 1. The Balaban J connectivity index is 2.68. The summed E-state index contributed by atoms with van der Waals surface area (Å²) in [6, 6.07) is 6.12. The molecule has 0 aliphatic carbocycles. The first-order valence-electron chi connectivity index (χ1n) is 5.39. The lowest BCUT2D eigenvalue weighted by atomic mass is 10.1. The number of aromatic nitrogens is 1. The molecule has 1 heterocycles. The molecule has 2 nitrogen and oxygen atoms in total. The van der Waals surface area contributed by atoms with Gasteiger partial charge in [0.25, 0.3) is 0 Å². The van der Waals surface area contributed by atoms with Crippen molar-refractivity contribution in [2.24, 2.45) is 0 Å². The first-order chi connectivity index (χ1) is 7.63. The van der Waals surface area contributed by atoms with Crippen LogP contribution in [0.3, 0.4) is 0 Å². The van der Waals surface area contributed by atoms with E-state index in [9.17, 15) is 4.79 Å². The number of aryl methyl sites for hydroxylation is 1. The maximum atomic E-state index is 11.2. The largest absolute Gasteiger partial charge is 0.347 e. The van der Waals surface area contributed by atoms with Gasteiger partial charge in [0.2, 0.25) is 0 Å². The van der Waals surface area contributed by atoms with E-state index in [0.717, 1.165) is 16.6 Å². The third-order valence-electron chi connectivity index (χ3n) is 2.71. The van der Waals surface area contributed by atoms with Crippen LogP contribution in [-0.4, -0.2) is 10.4 Å². The number of benzene rings is 1. The Morgan fingerprint density at radius 3 is 2.81 bits per heavy atom. The molecule has 0 unspecified atom stereocenters. The maximum absolute atomic E-state index is 11.2. The summed E-state index contributed by atoms with van der Waals surface area (Å²) >= 11 is 3.56. The molecule has 84 valence electrons. The molecule has 16 heavy (non-hydrogen) atoms. The van der Waals surface area contributed by atoms with Crippen molar-refractivity contribution >= 4 is 32.6 Å². The minimum Gasteiger partial charge on any atom is -0.347 e. The van der Waals surface area contributed by atoms with Crippen LogP contribution in [0.4, 0.5) is 0 Å². The van der Waals surface area contributed by atoms with Gasteiger partial charge in [0.15, 0.2) is 0 Å². The Kier molecular flexibility index (Phi) is 3.15. The van der Waals surface area contributed by atoms with Gasteiger partial charge in [-0.1, -0.05) is 12.1 Å². The smallest absolute Gasteiger partial charge is 0.134 e. The van der Waals surface area contributed by atoms with Crippen molar-refractivity contribution in [1.29, 1.82) is 0 Å². The molecule has 0 amide bonds. The molecule has 0 spiro atoms. The molecule has 0 radical (unpaired) electrons. The van der Waals surface area contributed by atoms with Crippen LogP contribution < -0.4 is 0 Å². The molecule has 2 rings (SSSR count). The first-order valence-corrected chi connectivity index (χ1v) is 6.18. The number of halogens is 1. The lowest BCUT2D eigenvalue weighted by molar-refractivity contribution is -0.116. The van der Waals surface area contributed by atoms with Crippen LogP contribution in [0.2, 0.25) is 0 Å². The molecule has 2 aromatic rings. The van der Waals surface area contributed by atoms with Crippen molar-refractivity contribution in [3.8, 4) is 0 Å². The van der Waals surface area contributed by atoms with Gasteiger partial charge in [-0.05, 0) is 41.4 Å². The van der Waals surface area contributed by atoms with Gasteiger partial charge in [-0.3, -0.25) is 4.79 Å². The second kappa shape index (κ2) is 4.42. The minimum absolute atomic E-state index is 0.204. The van der Waals surface area contributed by atoms with Crippen LogP contribution in [0, 0.1) is 0 Å². The Morgan fingerprint density at radius 2 is 2.19 bits per heavy atom. The molecule has 0 N–H and O–H groups in total. The van der Waals surface area contributed by atoms with Gasteiger partial charge in [0, 0.05) is 29.0 Å². The van der Waals surface area contributed by atoms with E-state index in [2.05, 4.69) is 39.7 Å². The number of rotatable bonds is 3. The molecule has 0 bridgehead atoms. The Labute approximate surface area is 103 Å². The highest BCUT2D eigenvalue weighted by atomic mass is 79.9. The molecule has 1 aromatic heterocycles. The van der Waals surface area contributed by atoms with Gasteiger partial charge in [0.1, 0.15) is 5.78 Å². The third kappa shape index (κ3) is 1.92. The highest BCUT2D eigenvalue weighted by Gasteiger charge is 2.11. The highest BCUT2D eigenvalue weighted by molar-refractivity contribution is 9.10. The normalized spacial score (nSPS) is 10.9. The monoisotopic (exact) mass is 279 g/mol. The Bertz CT molecular complexity index is 542. The quantitative estimate of drug-likeness (QED) is 0.842. The standard InChI is InChI=1S/C13H14BrNO/c1-3-15-8-10(7-9(2)16)11-5-4-6-12(14)13(11)15/h4-6,8H,3,7H2,1-2H3. The van der Waals surface area contributed by atoms with E-state index in [0.29, 0.717) is 6.42 Å². The van der Waals surface area contributed by atoms with Gasteiger partial charge in [0.05, 0.1) is 5.52 Å². The Hall–Kier alpha value is -1.09. The second-order valence-electron chi connectivity index (χ2n) is 3.96. The average molecular weight is 280 g/mol. The molecule has 0 saturated heterocycles. The van der Waals surface area contributed by atoms with Crippen molar-refractivity contribution in [1.82, 2.24) is 4.57 Å². The summed E-state index contributed by atoms with van der Waals surface area (Å²) in [5.74, 6) is 0.204. The number of ketones is 1. The summed E-state index contributed by atoms with van der Waals surface area (Å²) in [5.41, 5.74) is 2.30. The number of carbonyl (C=O) groups excluding carboxylic acids is 1. The number of carbonyl (C=O) groups is 1. The fourth-order valence-electron chi connectivity index (χ4n) is 2.05. The van der Waals surface area contributed by atoms with Gasteiger partial charge in [-0.25, -0.2) is 0 Å². The molecule has 0 fully saturated rings. The van der Waals surface area contributed by atoms with E-state index < -0.39 is 0 Å². The number of Topliss-reactive ketones (excluding diaryl/α,β-unsaturated/α-hetero) is 1. The molecule has 0 saturated carbocycles. The zero-order valence-corrected chi connectivity index (χ0v) is 11.0. The molecule has 0 aliphatic rings. The van der Waals surface area contributed by atoms with Gasteiger partial charge < -0.3 is 4.57 Å². The van der Waals surface area contributed by atoms with Crippen LogP contribution in [0.15, 0.2) is 28.9 Å². The van der Waals surface area contributed by atoms with Crippen molar-refractivity contribution in [2.75, 3.05) is 0 Å². The zero-order chi connectivity index (χ0) is 11.7. The fraction of sp³-hybridized carbons (Fsp3) is 0.308. The van der Waals surface area contributed by atoms with Crippen molar-refractivity contribution < 1.29 is 4.79 Å². The van der Waals surface area contributed by atoms with Crippen LogP contribution in [0.1, 0.15) is 19.4 Å². The number of hydrogen-bond donors (Lipinski definition) is 0. The number of fused-ring (bicyclic) bond motifs is 1. The summed E-state index contributed by atoms with van der Waals surface area (Å²) in [4.78, 5) is 11.2. The van der Waals surface area contributed by atoms with Gasteiger partial charge in [-0.2, -0.15) is 0 Å². The summed E-state index contributed by atoms with van der Waals surface area (Å²) in [7, 11) is 0. The minimum atomic E-state index is 0.204. The van der Waals surface area contributed by atoms with E-state index >= 15 is 0 Å². The Morgan fingerprint density at radius 1 is 1.44 bits per heavy atom. The molecule has 0 aliphatic heterocycles. The molecular formula is C13H14BrNO. The lowest BCUT2D eigenvalue weighted by Gasteiger charge is -2.01. The first kappa shape index (κ1) is 11.4. The maximum Gasteiger partial charge on any atom is 0.134 e.